The zero-order valence-electron chi connectivity index (χ0n) is 18.5. The number of nitrogens with zero attached hydrogens (tertiary/aromatic N) is 1. The van der Waals surface area contributed by atoms with E-state index in [1.165, 1.54) is 61.6 Å². The van der Waals surface area contributed by atoms with Crippen LogP contribution >= 0.6 is 0 Å². The molecule has 3 aromatic carbocycles. The monoisotopic (exact) mass is 454 g/mol. The van der Waals surface area contributed by atoms with Crippen molar-refractivity contribution in [3.8, 4) is 11.5 Å². The maximum absolute atomic E-state index is 13.5. The lowest BCUT2D eigenvalue weighted by Gasteiger charge is -2.29. The number of anilines is 1. The predicted molar refractivity (Wildman–Crippen MR) is 120 cm³/mol. The van der Waals surface area contributed by atoms with Gasteiger partial charge in [0.05, 0.1) is 14.2 Å². The van der Waals surface area contributed by atoms with Crippen molar-refractivity contribution in [1.29, 1.82) is 0 Å². The van der Waals surface area contributed by atoms with Crippen molar-refractivity contribution < 1.29 is 27.8 Å². The highest BCUT2D eigenvalue weighted by atomic mass is 19.1. The number of benzene rings is 3. The van der Waals surface area contributed by atoms with Gasteiger partial charge in [-0.3, -0.25) is 14.5 Å². The van der Waals surface area contributed by atoms with Crippen LogP contribution in [0.15, 0.2) is 66.7 Å². The molecule has 0 aliphatic rings. The Labute approximate surface area is 190 Å². The normalized spacial score (nSPS) is 11.4. The van der Waals surface area contributed by atoms with Crippen LogP contribution < -0.4 is 19.7 Å². The van der Waals surface area contributed by atoms with E-state index >= 15 is 0 Å². The van der Waals surface area contributed by atoms with E-state index in [9.17, 15) is 18.4 Å². The van der Waals surface area contributed by atoms with E-state index in [4.69, 9.17) is 9.47 Å². The smallest absolute Gasteiger partial charge is 0.259 e. The molecule has 172 valence electrons. The number of halogens is 2. The molecule has 33 heavy (non-hydrogen) atoms. The molecule has 0 bridgehead atoms. The van der Waals surface area contributed by atoms with Gasteiger partial charge in [-0.1, -0.05) is 12.1 Å². The molecule has 3 aromatic rings. The van der Waals surface area contributed by atoms with Crippen molar-refractivity contribution in [3.05, 3.63) is 89.5 Å². The SMILES string of the molecule is COc1ccc(C(=O)N(c2ccc(F)cc2)[C@@H](C)C(=O)NCc2ccc(F)cc2)cc1OC. The Bertz CT molecular complexity index is 1120. The maximum atomic E-state index is 13.5. The van der Waals surface area contributed by atoms with Crippen LogP contribution in [-0.2, 0) is 11.3 Å². The number of carbonyl (C=O) groups excluding carboxylic acids is 2. The molecular formula is C25H24F2N2O4. The van der Waals surface area contributed by atoms with E-state index in [0.29, 0.717) is 22.7 Å². The molecule has 0 spiro atoms. The summed E-state index contributed by atoms with van der Waals surface area (Å²) in [6, 6.07) is 14.7. The third-order valence-electron chi connectivity index (χ3n) is 5.10. The molecule has 0 aliphatic carbocycles. The second kappa shape index (κ2) is 10.6. The molecule has 0 radical (unpaired) electrons. The number of rotatable bonds is 8. The summed E-state index contributed by atoms with van der Waals surface area (Å²) in [5, 5.41) is 2.75. The summed E-state index contributed by atoms with van der Waals surface area (Å²) in [7, 11) is 2.94. The Morgan fingerprint density at radius 3 is 2.03 bits per heavy atom. The van der Waals surface area contributed by atoms with Crippen molar-refractivity contribution in [2.75, 3.05) is 19.1 Å². The maximum Gasteiger partial charge on any atom is 0.259 e. The summed E-state index contributed by atoms with van der Waals surface area (Å²) in [6.07, 6.45) is 0. The number of hydrogen-bond donors (Lipinski definition) is 1. The Morgan fingerprint density at radius 1 is 0.879 bits per heavy atom. The Morgan fingerprint density at radius 2 is 1.45 bits per heavy atom. The third-order valence-corrected chi connectivity index (χ3v) is 5.10. The van der Waals surface area contributed by atoms with Crippen LogP contribution in [0.3, 0.4) is 0 Å². The van der Waals surface area contributed by atoms with E-state index in [-0.39, 0.29) is 17.9 Å². The first kappa shape index (κ1) is 23.7. The molecule has 6 nitrogen and oxygen atoms in total. The fraction of sp³-hybridized carbons (Fsp3) is 0.200. The molecule has 0 aromatic heterocycles. The van der Waals surface area contributed by atoms with Gasteiger partial charge in [0.15, 0.2) is 11.5 Å². The molecule has 0 saturated heterocycles. The van der Waals surface area contributed by atoms with Crippen molar-refractivity contribution in [2.24, 2.45) is 0 Å². The van der Waals surface area contributed by atoms with Crippen molar-refractivity contribution >= 4 is 17.5 Å². The standard InChI is InChI=1S/C25H24F2N2O4/c1-16(24(30)28-15-17-4-7-19(26)8-5-17)29(21-11-9-20(27)10-12-21)25(31)18-6-13-22(32-2)23(14-18)33-3/h4-14,16H,15H2,1-3H3,(H,28,30)/t16-/m0/s1. The number of methoxy groups -OCH3 is 2. The summed E-state index contributed by atoms with van der Waals surface area (Å²) >= 11 is 0. The minimum Gasteiger partial charge on any atom is -0.493 e. The molecule has 0 saturated carbocycles. The lowest BCUT2D eigenvalue weighted by atomic mass is 10.1. The van der Waals surface area contributed by atoms with E-state index < -0.39 is 23.7 Å². The van der Waals surface area contributed by atoms with Crippen molar-refractivity contribution in [3.63, 3.8) is 0 Å². The van der Waals surface area contributed by atoms with Gasteiger partial charge >= 0.3 is 0 Å². The van der Waals surface area contributed by atoms with Crippen LogP contribution in [0.1, 0.15) is 22.8 Å². The zero-order valence-corrected chi connectivity index (χ0v) is 18.5. The van der Waals surface area contributed by atoms with E-state index in [0.717, 1.165) is 0 Å². The van der Waals surface area contributed by atoms with Crippen LogP contribution in [0, 0.1) is 11.6 Å². The van der Waals surface area contributed by atoms with Crippen LogP contribution in [0.25, 0.3) is 0 Å². The Balaban J connectivity index is 1.88. The first-order valence-corrected chi connectivity index (χ1v) is 10.2. The summed E-state index contributed by atoms with van der Waals surface area (Å²) in [5.41, 5.74) is 1.31. The molecule has 3 rings (SSSR count). The van der Waals surface area contributed by atoms with Crippen molar-refractivity contribution in [1.82, 2.24) is 5.32 Å². The molecule has 0 heterocycles. The van der Waals surface area contributed by atoms with Gasteiger partial charge in [-0.15, -0.1) is 0 Å². The summed E-state index contributed by atoms with van der Waals surface area (Å²) < 4.78 is 37.1. The number of amides is 2. The molecule has 0 unspecified atom stereocenters. The van der Waals surface area contributed by atoms with Crippen LogP contribution in [0.5, 0.6) is 11.5 Å². The van der Waals surface area contributed by atoms with Crippen LogP contribution in [-0.4, -0.2) is 32.1 Å². The highest BCUT2D eigenvalue weighted by molar-refractivity contribution is 6.10. The van der Waals surface area contributed by atoms with Gasteiger partial charge < -0.3 is 14.8 Å². The van der Waals surface area contributed by atoms with Crippen LogP contribution in [0.2, 0.25) is 0 Å². The van der Waals surface area contributed by atoms with Gasteiger partial charge in [-0.2, -0.15) is 0 Å². The summed E-state index contributed by atoms with van der Waals surface area (Å²) in [4.78, 5) is 27.7. The Hall–Kier alpha value is -3.94. The highest BCUT2D eigenvalue weighted by Gasteiger charge is 2.29. The molecule has 8 heteroatoms. The third kappa shape index (κ3) is 5.65. The zero-order chi connectivity index (χ0) is 24.0. The van der Waals surface area contributed by atoms with Gasteiger partial charge in [0, 0.05) is 17.8 Å². The summed E-state index contributed by atoms with van der Waals surface area (Å²) in [6.45, 7) is 1.73. The van der Waals surface area contributed by atoms with Gasteiger partial charge in [0.1, 0.15) is 17.7 Å². The summed E-state index contributed by atoms with van der Waals surface area (Å²) in [5.74, 6) is -0.945. The number of hydrogen-bond acceptors (Lipinski definition) is 4. The number of carbonyl (C=O) groups is 2. The Kier molecular flexibility index (Phi) is 7.61. The molecule has 0 fully saturated rings. The quantitative estimate of drug-likeness (QED) is 0.550. The lowest BCUT2D eigenvalue weighted by Crippen LogP contribution is -2.48. The second-order valence-electron chi connectivity index (χ2n) is 7.24. The average molecular weight is 454 g/mol. The average Bonchev–Trinajstić information content (AvgIpc) is 2.84. The molecule has 0 aliphatic heterocycles. The van der Waals surface area contributed by atoms with Gasteiger partial charge in [-0.05, 0) is 67.1 Å². The fourth-order valence-corrected chi connectivity index (χ4v) is 3.28. The number of ether oxygens (including phenoxy) is 2. The van der Waals surface area contributed by atoms with E-state index in [2.05, 4.69) is 5.32 Å². The van der Waals surface area contributed by atoms with Gasteiger partial charge in [0.2, 0.25) is 5.91 Å². The predicted octanol–water partition coefficient (Wildman–Crippen LogP) is 4.33. The number of nitrogens with one attached hydrogen (secondary N) is 1. The topological polar surface area (TPSA) is 67.9 Å². The van der Waals surface area contributed by atoms with Crippen LogP contribution in [0.4, 0.5) is 14.5 Å². The second-order valence-corrected chi connectivity index (χ2v) is 7.24. The van der Waals surface area contributed by atoms with E-state index in [1.807, 2.05) is 0 Å². The first-order valence-electron chi connectivity index (χ1n) is 10.2. The highest BCUT2D eigenvalue weighted by Crippen LogP contribution is 2.29. The largest absolute Gasteiger partial charge is 0.493 e. The first-order chi connectivity index (χ1) is 15.8. The fourth-order valence-electron chi connectivity index (χ4n) is 3.28. The molecule has 2 amide bonds. The minimum atomic E-state index is -0.934. The molecule has 1 atom stereocenters. The van der Waals surface area contributed by atoms with Gasteiger partial charge in [0.25, 0.3) is 5.91 Å². The molecular weight excluding hydrogens is 430 g/mol. The van der Waals surface area contributed by atoms with Crippen molar-refractivity contribution in [2.45, 2.75) is 19.5 Å². The minimum absolute atomic E-state index is 0.158. The van der Waals surface area contributed by atoms with Gasteiger partial charge in [-0.25, -0.2) is 8.78 Å². The van der Waals surface area contributed by atoms with E-state index in [1.54, 1.807) is 31.2 Å². The molecule has 1 N–H and O–H groups in total. The lowest BCUT2D eigenvalue weighted by molar-refractivity contribution is -0.122.